The number of thioether (sulfide) groups is 1. The second kappa shape index (κ2) is 6.13. The molecule has 0 atom stereocenters. The van der Waals surface area contributed by atoms with Crippen molar-refractivity contribution in [3.05, 3.63) is 65.5 Å². The monoisotopic (exact) mass is 336 g/mol. The van der Waals surface area contributed by atoms with Gasteiger partial charge in [-0.2, -0.15) is 0 Å². The van der Waals surface area contributed by atoms with Crippen LogP contribution in [-0.2, 0) is 5.75 Å². The van der Waals surface area contributed by atoms with Crippen LogP contribution in [0.15, 0.2) is 58.3 Å². The second-order valence-electron chi connectivity index (χ2n) is 5.63. The lowest BCUT2D eigenvalue weighted by molar-refractivity contribution is 0.464. The Balaban J connectivity index is 1.63. The molecule has 0 saturated heterocycles. The fourth-order valence-corrected chi connectivity index (χ4v) is 3.33. The average Bonchev–Trinajstić information content (AvgIpc) is 3.17. The number of hydrogen-bond donors (Lipinski definition) is 0. The van der Waals surface area contributed by atoms with Crippen molar-refractivity contribution < 1.29 is 4.42 Å². The number of rotatable bonds is 4. The fraction of sp³-hybridized carbons (Fsp3) is 0.167. The van der Waals surface area contributed by atoms with Crippen molar-refractivity contribution in [2.45, 2.75) is 24.8 Å². The first-order valence-electron chi connectivity index (χ1n) is 7.66. The third kappa shape index (κ3) is 2.80. The standard InChI is InChI=1S/C18H16N4OS/c1-12-8-9-15-19-13(2)16(22(15)10-12)17-20-21-18(23-17)24-11-14-6-4-3-5-7-14/h3-10H,11H2,1-2H3. The van der Waals surface area contributed by atoms with Crippen molar-refractivity contribution in [3.63, 3.8) is 0 Å². The van der Waals surface area contributed by atoms with Gasteiger partial charge in [0.05, 0.1) is 5.69 Å². The number of imidazole rings is 1. The van der Waals surface area contributed by atoms with E-state index >= 15 is 0 Å². The summed E-state index contributed by atoms with van der Waals surface area (Å²) in [5.41, 5.74) is 4.99. The maximum atomic E-state index is 5.86. The highest BCUT2D eigenvalue weighted by Crippen LogP contribution is 2.28. The van der Waals surface area contributed by atoms with Gasteiger partial charge in [-0.1, -0.05) is 48.2 Å². The van der Waals surface area contributed by atoms with Gasteiger partial charge in [0.15, 0.2) is 0 Å². The third-order valence-corrected chi connectivity index (χ3v) is 4.64. The number of fused-ring (bicyclic) bond motifs is 1. The van der Waals surface area contributed by atoms with Gasteiger partial charge < -0.3 is 4.42 Å². The summed E-state index contributed by atoms with van der Waals surface area (Å²) in [5.74, 6) is 1.30. The van der Waals surface area contributed by atoms with Gasteiger partial charge in [0, 0.05) is 11.9 Å². The first kappa shape index (κ1) is 15.0. The molecule has 4 aromatic rings. The molecule has 0 aliphatic heterocycles. The largest absolute Gasteiger partial charge is 0.410 e. The molecule has 4 rings (SSSR count). The minimum atomic E-state index is 0.501. The van der Waals surface area contributed by atoms with Crippen LogP contribution in [0.25, 0.3) is 17.2 Å². The first-order chi connectivity index (χ1) is 11.7. The van der Waals surface area contributed by atoms with Crippen LogP contribution in [0.2, 0.25) is 0 Å². The number of aromatic nitrogens is 4. The summed E-state index contributed by atoms with van der Waals surface area (Å²) >= 11 is 1.54. The molecule has 0 aliphatic carbocycles. The Morgan fingerprint density at radius 3 is 2.71 bits per heavy atom. The van der Waals surface area contributed by atoms with Crippen LogP contribution in [0.3, 0.4) is 0 Å². The predicted molar refractivity (Wildman–Crippen MR) is 94.0 cm³/mol. The van der Waals surface area contributed by atoms with E-state index in [4.69, 9.17) is 4.42 Å². The molecular weight excluding hydrogens is 320 g/mol. The van der Waals surface area contributed by atoms with E-state index in [9.17, 15) is 0 Å². The molecule has 1 aromatic carbocycles. The summed E-state index contributed by atoms with van der Waals surface area (Å²) in [6, 6.07) is 14.3. The van der Waals surface area contributed by atoms with Crippen LogP contribution in [-0.4, -0.2) is 19.6 Å². The highest BCUT2D eigenvalue weighted by molar-refractivity contribution is 7.98. The normalized spacial score (nSPS) is 11.2. The van der Waals surface area contributed by atoms with Crippen LogP contribution in [0.5, 0.6) is 0 Å². The van der Waals surface area contributed by atoms with Gasteiger partial charge in [0.1, 0.15) is 11.3 Å². The maximum Gasteiger partial charge on any atom is 0.277 e. The van der Waals surface area contributed by atoms with Gasteiger partial charge in [-0.15, -0.1) is 10.2 Å². The zero-order valence-electron chi connectivity index (χ0n) is 13.4. The SMILES string of the molecule is Cc1ccc2nc(C)c(-c3nnc(SCc4ccccc4)o3)n2c1. The van der Waals surface area contributed by atoms with Crippen molar-refractivity contribution in [2.75, 3.05) is 0 Å². The van der Waals surface area contributed by atoms with Crippen molar-refractivity contribution in [2.24, 2.45) is 0 Å². The lowest BCUT2D eigenvalue weighted by atomic mass is 10.2. The number of nitrogens with zero attached hydrogens (tertiary/aromatic N) is 4. The number of benzene rings is 1. The Bertz CT molecular complexity index is 991. The fourth-order valence-electron chi connectivity index (χ4n) is 2.61. The minimum Gasteiger partial charge on any atom is -0.410 e. The summed E-state index contributed by atoms with van der Waals surface area (Å²) in [6.07, 6.45) is 2.03. The number of pyridine rings is 1. The Hall–Kier alpha value is -2.60. The summed E-state index contributed by atoms with van der Waals surface area (Å²) in [7, 11) is 0. The molecule has 3 aromatic heterocycles. The summed E-state index contributed by atoms with van der Waals surface area (Å²) in [5, 5.41) is 8.94. The van der Waals surface area contributed by atoms with E-state index in [-0.39, 0.29) is 0 Å². The molecule has 24 heavy (non-hydrogen) atoms. The molecule has 0 aliphatic rings. The van der Waals surface area contributed by atoms with Gasteiger partial charge in [0.25, 0.3) is 11.1 Å². The van der Waals surface area contributed by atoms with Crippen molar-refractivity contribution >= 4 is 17.4 Å². The second-order valence-corrected chi connectivity index (χ2v) is 6.55. The maximum absolute atomic E-state index is 5.86. The Morgan fingerprint density at radius 2 is 1.88 bits per heavy atom. The molecule has 0 unspecified atom stereocenters. The quantitative estimate of drug-likeness (QED) is 0.520. The van der Waals surface area contributed by atoms with Crippen molar-refractivity contribution in [1.82, 2.24) is 19.6 Å². The molecule has 0 saturated carbocycles. The summed E-state index contributed by atoms with van der Waals surface area (Å²) < 4.78 is 7.86. The molecule has 0 amide bonds. The Kier molecular flexibility index (Phi) is 3.82. The van der Waals surface area contributed by atoms with E-state index in [1.807, 2.05) is 54.8 Å². The van der Waals surface area contributed by atoms with Gasteiger partial charge in [-0.05, 0) is 31.0 Å². The molecule has 0 radical (unpaired) electrons. The molecular formula is C18H16N4OS. The van der Waals surface area contributed by atoms with Crippen molar-refractivity contribution in [1.29, 1.82) is 0 Å². The molecule has 3 heterocycles. The zero-order chi connectivity index (χ0) is 16.5. The summed E-state index contributed by atoms with van der Waals surface area (Å²) in [6.45, 7) is 4.01. The van der Waals surface area contributed by atoms with E-state index in [2.05, 4.69) is 27.3 Å². The van der Waals surface area contributed by atoms with Gasteiger partial charge in [0.2, 0.25) is 0 Å². The molecule has 0 fully saturated rings. The topological polar surface area (TPSA) is 56.2 Å². The van der Waals surface area contributed by atoms with Crippen LogP contribution < -0.4 is 0 Å². The lowest BCUT2D eigenvalue weighted by Gasteiger charge is -1.99. The predicted octanol–water partition coefficient (Wildman–Crippen LogP) is 4.29. The highest BCUT2D eigenvalue weighted by atomic mass is 32.2. The van der Waals surface area contributed by atoms with E-state index < -0.39 is 0 Å². The van der Waals surface area contributed by atoms with E-state index in [0.29, 0.717) is 11.1 Å². The number of aryl methyl sites for hydroxylation is 2. The minimum absolute atomic E-state index is 0.501. The van der Waals surface area contributed by atoms with Crippen LogP contribution >= 0.6 is 11.8 Å². The van der Waals surface area contributed by atoms with Gasteiger partial charge >= 0.3 is 0 Å². The van der Waals surface area contributed by atoms with E-state index in [1.54, 1.807) is 0 Å². The van der Waals surface area contributed by atoms with E-state index in [1.165, 1.54) is 17.3 Å². The third-order valence-electron chi connectivity index (χ3n) is 3.75. The van der Waals surface area contributed by atoms with Gasteiger partial charge in [-0.25, -0.2) is 4.98 Å². The molecule has 0 spiro atoms. The smallest absolute Gasteiger partial charge is 0.277 e. The van der Waals surface area contributed by atoms with Crippen LogP contribution in [0.4, 0.5) is 0 Å². The highest BCUT2D eigenvalue weighted by Gasteiger charge is 2.17. The van der Waals surface area contributed by atoms with Gasteiger partial charge in [-0.3, -0.25) is 4.40 Å². The molecule has 0 bridgehead atoms. The van der Waals surface area contributed by atoms with Crippen molar-refractivity contribution in [3.8, 4) is 11.6 Å². The van der Waals surface area contributed by atoms with Crippen LogP contribution in [0.1, 0.15) is 16.8 Å². The first-order valence-corrected chi connectivity index (χ1v) is 8.65. The lowest BCUT2D eigenvalue weighted by Crippen LogP contribution is -1.90. The average molecular weight is 336 g/mol. The Morgan fingerprint density at radius 1 is 1.04 bits per heavy atom. The van der Waals surface area contributed by atoms with E-state index in [0.717, 1.165) is 28.4 Å². The molecule has 0 N–H and O–H groups in total. The van der Waals surface area contributed by atoms with Crippen LogP contribution in [0, 0.1) is 13.8 Å². The molecule has 6 heteroatoms. The number of hydrogen-bond acceptors (Lipinski definition) is 5. The summed E-state index contributed by atoms with van der Waals surface area (Å²) in [4.78, 5) is 4.56. The Labute approximate surface area is 143 Å². The zero-order valence-corrected chi connectivity index (χ0v) is 14.2. The molecule has 5 nitrogen and oxygen atoms in total. The molecule has 120 valence electrons.